The number of carbonyl (C=O) groups is 2. The van der Waals surface area contributed by atoms with Crippen molar-refractivity contribution in [2.75, 3.05) is 12.4 Å². The Morgan fingerprint density at radius 1 is 0.931 bits per heavy atom. The first-order chi connectivity index (χ1) is 14.0. The third-order valence-corrected chi connectivity index (χ3v) is 4.93. The summed E-state index contributed by atoms with van der Waals surface area (Å²) >= 11 is 3.36. The molecule has 0 radical (unpaired) electrons. The van der Waals surface area contributed by atoms with Crippen molar-refractivity contribution < 1.29 is 14.3 Å². The molecule has 1 unspecified atom stereocenters. The highest BCUT2D eigenvalue weighted by Crippen LogP contribution is 2.24. The van der Waals surface area contributed by atoms with Crippen molar-refractivity contribution in [1.82, 2.24) is 5.32 Å². The van der Waals surface area contributed by atoms with E-state index in [0.717, 1.165) is 10.0 Å². The van der Waals surface area contributed by atoms with Crippen molar-refractivity contribution in [1.29, 1.82) is 0 Å². The predicted octanol–water partition coefficient (Wildman–Crippen LogP) is 5.20. The standard InChI is InChI=1S/C23H21BrN2O3/c1-15(16-7-4-3-5-8-16)25-22(27)17-9-6-10-19(13-17)26-23(28)20-14-18(24)11-12-21(20)29-2/h3-15H,1-2H3,(H,25,27)(H,26,28). The maximum atomic E-state index is 12.7. The molecule has 0 saturated heterocycles. The van der Waals surface area contributed by atoms with E-state index in [1.165, 1.54) is 7.11 Å². The lowest BCUT2D eigenvalue weighted by Gasteiger charge is -2.15. The average molecular weight is 453 g/mol. The largest absolute Gasteiger partial charge is 0.496 e. The van der Waals surface area contributed by atoms with Crippen LogP contribution in [-0.2, 0) is 0 Å². The van der Waals surface area contributed by atoms with Crippen LogP contribution in [0.2, 0.25) is 0 Å². The van der Waals surface area contributed by atoms with Gasteiger partial charge in [-0.15, -0.1) is 0 Å². The molecule has 1 atom stereocenters. The minimum absolute atomic E-state index is 0.132. The van der Waals surface area contributed by atoms with Crippen LogP contribution in [0.5, 0.6) is 5.75 Å². The van der Waals surface area contributed by atoms with Gasteiger partial charge in [0.2, 0.25) is 0 Å². The normalized spacial score (nSPS) is 11.4. The summed E-state index contributed by atoms with van der Waals surface area (Å²) in [6.45, 7) is 1.93. The van der Waals surface area contributed by atoms with Gasteiger partial charge in [-0.3, -0.25) is 9.59 Å². The minimum Gasteiger partial charge on any atom is -0.496 e. The minimum atomic E-state index is -0.321. The lowest BCUT2D eigenvalue weighted by molar-refractivity contribution is 0.0938. The average Bonchev–Trinajstić information content (AvgIpc) is 2.74. The van der Waals surface area contributed by atoms with Gasteiger partial charge < -0.3 is 15.4 Å². The van der Waals surface area contributed by atoms with Crippen LogP contribution in [0.1, 0.15) is 39.2 Å². The molecule has 0 heterocycles. The lowest BCUT2D eigenvalue weighted by Crippen LogP contribution is -2.26. The van der Waals surface area contributed by atoms with E-state index in [-0.39, 0.29) is 17.9 Å². The van der Waals surface area contributed by atoms with Crippen LogP contribution in [0.4, 0.5) is 5.69 Å². The molecule has 0 bridgehead atoms. The van der Waals surface area contributed by atoms with Crippen molar-refractivity contribution in [3.8, 4) is 5.75 Å². The fourth-order valence-corrected chi connectivity index (χ4v) is 3.26. The number of hydrogen-bond acceptors (Lipinski definition) is 3. The molecule has 3 aromatic rings. The molecule has 0 aliphatic heterocycles. The lowest BCUT2D eigenvalue weighted by atomic mass is 10.1. The van der Waals surface area contributed by atoms with E-state index < -0.39 is 0 Å². The molecular weight excluding hydrogens is 432 g/mol. The Morgan fingerprint density at radius 2 is 1.69 bits per heavy atom. The molecule has 2 amide bonds. The molecule has 0 saturated carbocycles. The Bertz CT molecular complexity index is 1020. The quantitative estimate of drug-likeness (QED) is 0.539. The highest BCUT2D eigenvalue weighted by atomic mass is 79.9. The van der Waals surface area contributed by atoms with E-state index in [0.29, 0.717) is 22.6 Å². The maximum Gasteiger partial charge on any atom is 0.259 e. The highest BCUT2D eigenvalue weighted by molar-refractivity contribution is 9.10. The fraction of sp³-hybridized carbons (Fsp3) is 0.130. The Labute approximate surface area is 178 Å². The molecule has 0 spiro atoms. The Morgan fingerprint density at radius 3 is 2.41 bits per heavy atom. The zero-order valence-electron chi connectivity index (χ0n) is 16.1. The number of rotatable bonds is 6. The van der Waals surface area contributed by atoms with Crippen molar-refractivity contribution in [2.24, 2.45) is 0 Å². The van der Waals surface area contributed by atoms with Crippen LogP contribution >= 0.6 is 15.9 Å². The molecule has 2 N–H and O–H groups in total. The number of amides is 2. The van der Waals surface area contributed by atoms with Gasteiger partial charge in [0.05, 0.1) is 18.7 Å². The first-order valence-electron chi connectivity index (χ1n) is 9.08. The van der Waals surface area contributed by atoms with Gasteiger partial charge in [-0.2, -0.15) is 0 Å². The fourth-order valence-electron chi connectivity index (χ4n) is 2.90. The summed E-state index contributed by atoms with van der Waals surface area (Å²) in [7, 11) is 1.51. The number of methoxy groups -OCH3 is 1. The van der Waals surface area contributed by atoms with Crippen LogP contribution in [0.3, 0.4) is 0 Å². The second-order valence-electron chi connectivity index (χ2n) is 6.49. The zero-order chi connectivity index (χ0) is 20.8. The molecule has 3 rings (SSSR count). The molecule has 0 aliphatic rings. The highest BCUT2D eigenvalue weighted by Gasteiger charge is 2.15. The van der Waals surface area contributed by atoms with E-state index in [2.05, 4.69) is 26.6 Å². The number of ether oxygens (including phenoxy) is 1. The van der Waals surface area contributed by atoms with Crippen LogP contribution in [0, 0.1) is 0 Å². The van der Waals surface area contributed by atoms with E-state index in [4.69, 9.17) is 4.74 Å². The summed E-state index contributed by atoms with van der Waals surface area (Å²) in [6, 6.07) is 21.6. The first-order valence-corrected chi connectivity index (χ1v) is 9.88. The number of carbonyl (C=O) groups excluding carboxylic acids is 2. The second kappa shape index (κ2) is 9.39. The molecular formula is C23H21BrN2O3. The van der Waals surface area contributed by atoms with E-state index in [1.807, 2.05) is 37.3 Å². The van der Waals surface area contributed by atoms with E-state index in [9.17, 15) is 9.59 Å². The van der Waals surface area contributed by atoms with Crippen LogP contribution < -0.4 is 15.4 Å². The molecule has 6 heteroatoms. The third kappa shape index (κ3) is 5.23. The third-order valence-electron chi connectivity index (χ3n) is 4.44. The van der Waals surface area contributed by atoms with E-state index in [1.54, 1.807) is 42.5 Å². The van der Waals surface area contributed by atoms with Gasteiger partial charge in [0, 0.05) is 15.7 Å². The van der Waals surface area contributed by atoms with Gasteiger partial charge in [0.25, 0.3) is 11.8 Å². The van der Waals surface area contributed by atoms with Crippen LogP contribution in [0.25, 0.3) is 0 Å². The second-order valence-corrected chi connectivity index (χ2v) is 7.40. The maximum absolute atomic E-state index is 12.7. The molecule has 5 nitrogen and oxygen atoms in total. The van der Waals surface area contributed by atoms with Gasteiger partial charge in [-0.25, -0.2) is 0 Å². The molecule has 0 aromatic heterocycles. The van der Waals surface area contributed by atoms with Gasteiger partial charge in [0.1, 0.15) is 5.75 Å². The molecule has 3 aromatic carbocycles. The Hall–Kier alpha value is -3.12. The van der Waals surface area contributed by atoms with Crippen LogP contribution in [0.15, 0.2) is 77.3 Å². The van der Waals surface area contributed by atoms with Crippen molar-refractivity contribution in [3.05, 3.63) is 94.0 Å². The SMILES string of the molecule is COc1ccc(Br)cc1C(=O)Nc1cccc(C(=O)NC(C)c2ccccc2)c1. The zero-order valence-corrected chi connectivity index (χ0v) is 17.7. The van der Waals surface area contributed by atoms with E-state index >= 15 is 0 Å². The van der Waals surface area contributed by atoms with Crippen molar-refractivity contribution in [3.63, 3.8) is 0 Å². The molecule has 148 valence electrons. The number of nitrogens with one attached hydrogen (secondary N) is 2. The van der Waals surface area contributed by atoms with Gasteiger partial charge in [-0.1, -0.05) is 52.3 Å². The first kappa shape index (κ1) is 20.6. The van der Waals surface area contributed by atoms with Gasteiger partial charge in [0.15, 0.2) is 0 Å². The van der Waals surface area contributed by atoms with Gasteiger partial charge in [-0.05, 0) is 48.9 Å². The van der Waals surface area contributed by atoms with Crippen molar-refractivity contribution in [2.45, 2.75) is 13.0 Å². The summed E-state index contributed by atoms with van der Waals surface area (Å²) in [4.78, 5) is 25.3. The monoisotopic (exact) mass is 452 g/mol. The summed E-state index contributed by atoms with van der Waals surface area (Å²) in [5.74, 6) is -0.0628. The molecule has 0 aliphatic carbocycles. The van der Waals surface area contributed by atoms with Crippen LogP contribution in [-0.4, -0.2) is 18.9 Å². The van der Waals surface area contributed by atoms with Crippen molar-refractivity contribution >= 4 is 33.4 Å². The summed E-state index contributed by atoms with van der Waals surface area (Å²) < 4.78 is 6.03. The summed E-state index contributed by atoms with van der Waals surface area (Å²) in [5, 5.41) is 5.79. The Balaban J connectivity index is 1.73. The number of benzene rings is 3. The summed E-state index contributed by atoms with van der Waals surface area (Å²) in [5.41, 5.74) is 2.41. The molecule has 29 heavy (non-hydrogen) atoms. The predicted molar refractivity (Wildman–Crippen MR) is 117 cm³/mol. The Kier molecular flexibility index (Phi) is 6.67. The number of hydrogen-bond donors (Lipinski definition) is 2. The molecule has 0 fully saturated rings. The number of halogens is 1. The topological polar surface area (TPSA) is 67.4 Å². The van der Waals surface area contributed by atoms with Gasteiger partial charge >= 0.3 is 0 Å². The number of anilines is 1. The summed E-state index contributed by atoms with van der Waals surface area (Å²) in [6.07, 6.45) is 0. The smallest absolute Gasteiger partial charge is 0.259 e.